The summed E-state index contributed by atoms with van der Waals surface area (Å²) in [5.74, 6) is -1.45. The minimum Gasteiger partial charge on any atom is -0.480 e. The van der Waals surface area contributed by atoms with E-state index in [0.717, 1.165) is 5.56 Å². The first-order valence-corrected chi connectivity index (χ1v) is 7.55. The topological polar surface area (TPSA) is 117 Å². The number of aromatic nitrogens is 1. The van der Waals surface area contributed by atoms with E-state index in [2.05, 4.69) is 4.98 Å². The average molecular weight is 310 g/mol. The summed E-state index contributed by atoms with van der Waals surface area (Å²) in [6.45, 7) is 0.990. The third kappa shape index (κ3) is 3.18. The molecule has 3 N–H and O–H groups in total. The lowest BCUT2D eigenvalue weighted by molar-refractivity contribution is -0.139. The molecule has 0 aliphatic carbocycles. The second-order valence-electron chi connectivity index (χ2n) is 4.54. The lowest BCUT2D eigenvalue weighted by Crippen LogP contribution is -2.43. The molecule has 0 radical (unpaired) electrons. The van der Waals surface area contributed by atoms with Crippen LogP contribution in [0.2, 0.25) is 0 Å². The number of benzene rings is 1. The van der Waals surface area contributed by atoms with Crippen molar-refractivity contribution in [3.63, 3.8) is 0 Å². The number of para-hydroxylation sites is 1. The number of carboxylic acid groups (broad SMARTS) is 1. The summed E-state index contributed by atoms with van der Waals surface area (Å²) in [7, 11) is -4.11. The summed E-state index contributed by atoms with van der Waals surface area (Å²) < 4.78 is 26.5. The maximum atomic E-state index is 12.3. The lowest BCUT2D eigenvalue weighted by atomic mass is 10.2. The third-order valence-corrected chi connectivity index (χ3v) is 4.38. The van der Waals surface area contributed by atoms with Crippen LogP contribution in [0.25, 0.3) is 10.9 Å². The molecule has 1 heterocycles. The molecule has 0 bridgehead atoms. The highest BCUT2D eigenvalue weighted by molar-refractivity contribution is 7.89. The first kappa shape index (κ1) is 15.4. The molecule has 8 heteroatoms. The van der Waals surface area contributed by atoms with Crippen LogP contribution < -0.4 is 4.72 Å². The smallest absolute Gasteiger partial charge is 0.324 e. The lowest BCUT2D eigenvalue weighted by Gasteiger charge is -2.13. The summed E-state index contributed by atoms with van der Waals surface area (Å²) in [6, 6.07) is 4.78. The number of carbonyl (C=O) groups is 1. The predicted octanol–water partition coefficient (Wildman–Crippen LogP) is 0.267. The molecule has 112 valence electrons. The van der Waals surface area contributed by atoms with Gasteiger partial charge in [-0.25, -0.2) is 8.42 Å². The Morgan fingerprint density at radius 3 is 2.76 bits per heavy atom. The number of rotatable bonds is 5. The number of nitrogens with zero attached hydrogens (tertiary/aromatic N) is 1. The molecular weight excluding hydrogens is 296 g/mol. The Morgan fingerprint density at radius 1 is 1.43 bits per heavy atom. The largest absolute Gasteiger partial charge is 0.480 e. The van der Waals surface area contributed by atoms with Crippen molar-refractivity contribution in [1.82, 2.24) is 9.71 Å². The zero-order valence-corrected chi connectivity index (χ0v) is 12.0. The predicted molar refractivity (Wildman–Crippen MR) is 75.3 cm³/mol. The molecule has 2 aromatic rings. The fraction of sp³-hybridized carbons (Fsp3) is 0.231. The van der Waals surface area contributed by atoms with Gasteiger partial charge in [0, 0.05) is 11.6 Å². The number of aliphatic hydroxyl groups excluding tert-OH is 1. The Balaban J connectivity index is 2.52. The van der Waals surface area contributed by atoms with Gasteiger partial charge in [0.1, 0.15) is 10.9 Å². The van der Waals surface area contributed by atoms with E-state index in [-0.39, 0.29) is 10.4 Å². The van der Waals surface area contributed by atoms with Crippen molar-refractivity contribution in [2.24, 2.45) is 0 Å². The van der Waals surface area contributed by atoms with E-state index >= 15 is 0 Å². The Bertz CT molecular complexity index is 788. The zero-order valence-electron chi connectivity index (χ0n) is 11.1. The second kappa shape index (κ2) is 5.76. The number of aliphatic hydroxyl groups is 1. The molecule has 0 unspecified atom stereocenters. The molecule has 1 aromatic carbocycles. The normalized spacial score (nSPS) is 13.2. The van der Waals surface area contributed by atoms with Crippen molar-refractivity contribution < 1.29 is 23.4 Å². The molecule has 2 rings (SSSR count). The maximum Gasteiger partial charge on any atom is 0.324 e. The molecule has 0 aliphatic heterocycles. The summed E-state index contributed by atoms with van der Waals surface area (Å²) in [4.78, 5) is 14.8. The van der Waals surface area contributed by atoms with E-state index in [1.165, 1.54) is 12.3 Å². The van der Waals surface area contributed by atoms with Crippen molar-refractivity contribution in [1.29, 1.82) is 0 Å². The van der Waals surface area contributed by atoms with Gasteiger partial charge in [-0.2, -0.15) is 4.72 Å². The van der Waals surface area contributed by atoms with Gasteiger partial charge in [0.2, 0.25) is 10.0 Å². The fourth-order valence-electron chi connectivity index (χ4n) is 1.88. The molecular formula is C13H14N2O5S. The quantitative estimate of drug-likeness (QED) is 0.729. The monoisotopic (exact) mass is 310 g/mol. The number of aryl methyl sites for hydroxylation is 1. The van der Waals surface area contributed by atoms with Gasteiger partial charge < -0.3 is 10.2 Å². The van der Waals surface area contributed by atoms with Crippen LogP contribution >= 0.6 is 0 Å². The number of nitrogens with one attached hydrogen (secondary N) is 1. The number of hydrogen-bond donors (Lipinski definition) is 3. The number of hydrogen-bond acceptors (Lipinski definition) is 5. The van der Waals surface area contributed by atoms with Gasteiger partial charge >= 0.3 is 5.97 Å². The minimum atomic E-state index is -4.11. The van der Waals surface area contributed by atoms with Gasteiger partial charge in [-0.3, -0.25) is 9.78 Å². The molecule has 7 nitrogen and oxygen atoms in total. The number of pyridine rings is 1. The van der Waals surface area contributed by atoms with E-state index < -0.39 is 28.6 Å². The maximum absolute atomic E-state index is 12.3. The third-order valence-electron chi connectivity index (χ3n) is 2.88. The molecule has 0 saturated carbocycles. The van der Waals surface area contributed by atoms with Gasteiger partial charge in [-0.05, 0) is 24.6 Å². The van der Waals surface area contributed by atoms with Gasteiger partial charge in [0.05, 0.1) is 12.1 Å². The molecule has 0 aliphatic rings. The van der Waals surface area contributed by atoms with Crippen LogP contribution in [0.3, 0.4) is 0 Å². The minimum absolute atomic E-state index is 0.125. The number of aliphatic carboxylic acids is 1. The van der Waals surface area contributed by atoms with Crippen molar-refractivity contribution >= 4 is 26.9 Å². The van der Waals surface area contributed by atoms with Crippen molar-refractivity contribution in [3.8, 4) is 0 Å². The highest BCUT2D eigenvalue weighted by Gasteiger charge is 2.26. The zero-order chi connectivity index (χ0) is 15.6. The van der Waals surface area contributed by atoms with E-state index in [9.17, 15) is 13.2 Å². The van der Waals surface area contributed by atoms with Crippen LogP contribution in [0.4, 0.5) is 0 Å². The van der Waals surface area contributed by atoms with Gasteiger partial charge in [0.15, 0.2) is 0 Å². The first-order valence-electron chi connectivity index (χ1n) is 6.06. The molecule has 0 spiro atoms. The number of fused-ring (bicyclic) bond motifs is 1. The van der Waals surface area contributed by atoms with E-state index in [1.807, 2.05) is 11.6 Å². The second-order valence-corrected chi connectivity index (χ2v) is 6.22. The highest BCUT2D eigenvalue weighted by atomic mass is 32.2. The van der Waals surface area contributed by atoms with Crippen molar-refractivity contribution in [2.45, 2.75) is 17.9 Å². The van der Waals surface area contributed by atoms with Gasteiger partial charge in [0.25, 0.3) is 0 Å². The average Bonchev–Trinajstić information content (AvgIpc) is 2.43. The van der Waals surface area contributed by atoms with Crippen LogP contribution in [0, 0.1) is 6.92 Å². The van der Waals surface area contributed by atoms with Gasteiger partial charge in [-0.15, -0.1) is 0 Å². The highest BCUT2D eigenvalue weighted by Crippen LogP contribution is 2.21. The van der Waals surface area contributed by atoms with Gasteiger partial charge in [-0.1, -0.05) is 12.1 Å². The fourth-order valence-corrected chi connectivity index (χ4v) is 3.24. The Morgan fingerprint density at radius 2 is 2.14 bits per heavy atom. The van der Waals surface area contributed by atoms with E-state index in [4.69, 9.17) is 10.2 Å². The van der Waals surface area contributed by atoms with E-state index in [0.29, 0.717) is 5.39 Å². The first-order chi connectivity index (χ1) is 9.85. The molecule has 21 heavy (non-hydrogen) atoms. The Hall–Kier alpha value is -2.03. The summed E-state index contributed by atoms with van der Waals surface area (Å²) in [6.07, 6.45) is 1.53. The number of sulfonamides is 1. The molecule has 0 amide bonds. The van der Waals surface area contributed by atoms with Crippen LogP contribution in [-0.2, 0) is 14.8 Å². The molecule has 1 aromatic heterocycles. The SMILES string of the molecule is Cc1cnc2c(S(=O)(=O)N[C@H](CO)C(=O)O)cccc2c1. The van der Waals surface area contributed by atoms with Crippen LogP contribution in [0.15, 0.2) is 35.4 Å². The summed E-state index contributed by atoms with van der Waals surface area (Å²) in [5.41, 5.74) is 1.13. The standard InChI is InChI=1S/C13H14N2O5S/c1-8-5-9-3-2-4-11(12(9)14-6-8)21(19,20)15-10(7-16)13(17)18/h2-6,10,15-16H,7H2,1H3,(H,17,18)/t10-/m1/s1. The van der Waals surface area contributed by atoms with E-state index in [1.54, 1.807) is 18.2 Å². The van der Waals surface area contributed by atoms with Crippen LogP contribution in [-0.4, -0.2) is 42.2 Å². The van der Waals surface area contributed by atoms with Crippen molar-refractivity contribution in [3.05, 3.63) is 36.0 Å². The summed E-state index contributed by atoms with van der Waals surface area (Å²) >= 11 is 0. The number of carboxylic acids is 1. The molecule has 0 fully saturated rings. The Labute approximate surface area is 121 Å². The molecule has 0 saturated heterocycles. The van der Waals surface area contributed by atoms with Crippen molar-refractivity contribution in [2.75, 3.05) is 6.61 Å². The summed E-state index contributed by atoms with van der Waals surface area (Å²) in [5, 5.41) is 18.4. The Kier molecular flexibility index (Phi) is 4.21. The van der Waals surface area contributed by atoms with Crippen LogP contribution in [0.1, 0.15) is 5.56 Å². The van der Waals surface area contributed by atoms with Crippen LogP contribution in [0.5, 0.6) is 0 Å². The molecule has 1 atom stereocenters.